The van der Waals surface area contributed by atoms with Gasteiger partial charge in [0.05, 0.1) is 11.8 Å². The molecule has 0 heterocycles. The van der Waals surface area contributed by atoms with Crippen LogP contribution in [0, 0.1) is 11.8 Å². The first-order valence-corrected chi connectivity index (χ1v) is 4.55. The second-order valence-electron chi connectivity index (χ2n) is 3.42. The van der Waals surface area contributed by atoms with E-state index < -0.39 is 23.8 Å². The maximum atomic E-state index is 10.4. The smallest absolute Gasteiger partial charge is 0.306 e. The molecule has 14 heavy (non-hydrogen) atoms. The highest BCUT2D eigenvalue weighted by Gasteiger charge is 2.09. The Bertz CT molecular complexity index is 208. The summed E-state index contributed by atoms with van der Waals surface area (Å²) in [5, 5.41) is 17.1. The average Bonchev–Trinajstić information content (AvgIpc) is 2.11. The van der Waals surface area contributed by atoms with E-state index in [9.17, 15) is 9.59 Å². The molecule has 0 aliphatic rings. The van der Waals surface area contributed by atoms with Gasteiger partial charge in [-0.1, -0.05) is 26.0 Å². The molecule has 0 radical (unpaired) electrons. The largest absolute Gasteiger partial charge is 0.481 e. The van der Waals surface area contributed by atoms with Crippen molar-refractivity contribution < 1.29 is 19.8 Å². The van der Waals surface area contributed by atoms with Gasteiger partial charge in [-0.3, -0.25) is 9.59 Å². The summed E-state index contributed by atoms with van der Waals surface area (Å²) in [7, 11) is 0. The standard InChI is InChI=1S/C10H16O4/c1-7(9(11)12)5-3-4-6-8(2)10(13)14/h3-4,7-8H,5-6H2,1-2H3,(H,11,12)(H,13,14)/b4-3+/t7-,8-/m0/s1. The molecule has 0 unspecified atom stereocenters. The van der Waals surface area contributed by atoms with Crippen LogP contribution in [0.1, 0.15) is 26.7 Å². The van der Waals surface area contributed by atoms with E-state index >= 15 is 0 Å². The van der Waals surface area contributed by atoms with Crippen molar-refractivity contribution in [3.63, 3.8) is 0 Å². The number of hydrogen-bond acceptors (Lipinski definition) is 2. The Kier molecular flexibility index (Phi) is 5.60. The van der Waals surface area contributed by atoms with Crippen molar-refractivity contribution in [2.75, 3.05) is 0 Å². The van der Waals surface area contributed by atoms with Crippen LogP contribution >= 0.6 is 0 Å². The molecule has 80 valence electrons. The summed E-state index contributed by atoms with van der Waals surface area (Å²) < 4.78 is 0. The van der Waals surface area contributed by atoms with Gasteiger partial charge in [0.2, 0.25) is 0 Å². The van der Waals surface area contributed by atoms with Crippen LogP contribution in [0.25, 0.3) is 0 Å². The maximum Gasteiger partial charge on any atom is 0.306 e. The number of hydrogen-bond donors (Lipinski definition) is 2. The van der Waals surface area contributed by atoms with Gasteiger partial charge >= 0.3 is 11.9 Å². The van der Waals surface area contributed by atoms with E-state index in [4.69, 9.17) is 10.2 Å². The lowest BCUT2D eigenvalue weighted by Gasteiger charge is -2.02. The van der Waals surface area contributed by atoms with Crippen LogP contribution in [0.2, 0.25) is 0 Å². The molecule has 4 heteroatoms. The maximum absolute atomic E-state index is 10.4. The Hall–Kier alpha value is -1.32. The Labute approximate surface area is 83.2 Å². The van der Waals surface area contributed by atoms with Crippen LogP contribution in [-0.4, -0.2) is 22.2 Å². The summed E-state index contributed by atoms with van der Waals surface area (Å²) in [6, 6.07) is 0. The van der Waals surface area contributed by atoms with E-state index in [1.165, 1.54) is 0 Å². The van der Waals surface area contributed by atoms with Crippen molar-refractivity contribution in [3.8, 4) is 0 Å². The number of carbonyl (C=O) groups is 2. The topological polar surface area (TPSA) is 74.6 Å². The van der Waals surface area contributed by atoms with E-state index in [-0.39, 0.29) is 0 Å². The lowest BCUT2D eigenvalue weighted by atomic mass is 10.1. The summed E-state index contributed by atoms with van der Waals surface area (Å²) in [5.41, 5.74) is 0. The number of carboxylic acid groups (broad SMARTS) is 2. The van der Waals surface area contributed by atoms with Crippen molar-refractivity contribution in [1.29, 1.82) is 0 Å². The molecule has 0 aliphatic carbocycles. The van der Waals surface area contributed by atoms with Crippen LogP contribution < -0.4 is 0 Å². The molecule has 0 saturated carbocycles. The fourth-order valence-electron chi connectivity index (χ4n) is 0.802. The molecule has 0 saturated heterocycles. The highest BCUT2D eigenvalue weighted by molar-refractivity contribution is 5.70. The van der Waals surface area contributed by atoms with Gasteiger partial charge < -0.3 is 10.2 Å². The zero-order chi connectivity index (χ0) is 11.1. The summed E-state index contributed by atoms with van der Waals surface area (Å²) in [6.07, 6.45) is 4.33. The molecule has 0 aromatic rings. The fraction of sp³-hybridized carbons (Fsp3) is 0.600. The van der Waals surface area contributed by atoms with E-state index in [0.29, 0.717) is 12.8 Å². The molecule has 4 nitrogen and oxygen atoms in total. The third-order valence-electron chi connectivity index (χ3n) is 1.99. The Balaban J connectivity index is 3.74. The molecule has 0 bridgehead atoms. The minimum Gasteiger partial charge on any atom is -0.481 e. The second kappa shape index (κ2) is 6.18. The molecule has 0 fully saturated rings. The van der Waals surface area contributed by atoms with Gasteiger partial charge in [-0.2, -0.15) is 0 Å². The molecular weight excluding hydrogens is 184 g/mol. The van der Waals surface area contributed by atoms with Gasteiger partial charge in [0.25, 0.3) is 0 Å². The lowest BCUT2D eigenvalue weighted by molar-refractivity contribution is -0.142. The molecule has 2 atom stereocenters. The Morgan fingerprint density at radius 2 is 1.29 bits per heavy atom. The lowest BCUT2D eigenvalue weighted by Crippen LogP contribution is -2.09. The zero-order valence-corrected chi connectivity index (χ0v) is 8.43. The number of aliphatic carboxylic acids is 2. The fourth-order valence-corrected chi connectivity index (χ4v) is 0.802. The number of carboxylic acids is 2. The van der Waals surface area contributed by atoms with Crippen molar-refractivity contribution in [2.24, 2.45) is 11.8 Å². The quantitative estimate of drug-likeness (QED) is 0.641. The minimum atomic E-state index is -0.832. The van der Waals surface area contributed by atoms with Crippen molar-refractivity contribution in [1.82, 2.24) is 0 Å². The van der Waals surface area contributed by atoms with Gasteiger partial charge in [-0.05, 0) is 12.8 Å². The summed E-state index contributed by atoms with van der Waals surface area (Å²) in [4.78, 5) is 20.8. The van der Waals surface area contributed by atoms with Gasteiger partial charge in [-0.15, -0.1) is 0 Å². The first-order chi connectivity index (χ1) is 6.45. The summed E-state index contributed by atoms with van der Waals surface area (Å²) in [5.74, 6) is -2.49. The first kappa shape index (κ1) is 12.7. The van der Waals surface area contributed by atoms with Gasteiger partial charge in [0, 0.05) is 0 Å². The van der Waals surface area contributed by atoms with Crippen LogP contribution in [0.4, 0.5) is 0 Å². The normalized spacial score (nSPS) is 15.3. The summed E-state index contributed by atoms with van der Waals surface area (Å²) >= 11 is 0. The third kappa shape index (κ3) is 5.35. The van der Waals surface area contributed by atoms with Gasteiger partial charge in [-0.25, -0.2) is 0 Å². The number of allylic oxidation sites excluding steroid dienone is 2. The Morgan fingerprint density at radius 3 is 1.50 bits per heavy atom. The molecular formula is C10H16O4. The average molecular weight is 200 g/mol. The highest BCUT2D eigenvalue weighted by Crippen LogP contribution is 2.06. The van der Waals surface area contributed by atoms with E-state index in [0.717, 1.165) is 0 Å². The van der Waals surface area contributed by atoms with E-state index in [1.54, 1.807) is 26.0 Å². The van der Waals surface area contributed by atoms with Crippen LogP contribution in [0.5, 0.6) is 0 Å². The molecule has 0 spiro atoms. The monoisotopic (exact) mass is 200 g/mol. The van der Waals surface area contributed by atoms with Crippen LogP contribution in [0.3, 0.4) is 0 Å². The van der Waals surface area contributed by atoms with E-state index in [2.05, 4.69) is 0 Å². The minimum absolute atomic E-state index is 0.411. The molecule has 0 aromatic carbocycles. The SMILES string of the molecule is C[C@@H](C/C=C/C[C@H](C)C(=O)O)C(=O)O. The molecule has 2 N–H and O–H groups in total. The van der Waals surface area contributed by atoms with Crippen LogP contribution in [0.15, 0.2) is 12.2 Å². The van der Waals surface area contributed by atoms with Crippen molar-refractivity contribution in [3.05, 3.63) is 12.2 Å². The summed E-state index contributed by atoms with van der Waals surface area (Å²) in [6.45, 7) is 3.24. The third-order valence-corrected chi connectivity index (χ3v) is 1.99. The number of rotatable bonds is 6. The molecule has 0 amide bonds. The van der Waals surface area contributed by atoms with E-state index in [1.807, 2.05) is 0 Å². The van der Waals surface area contributed by atoms with Crippen LogP contribution in [-0.2, 0) is 9.59 Å². The Morgan fingerprint density at radius 1 is 1.00 bits per heavy atom. The predicted molar refractivity (Wildman–Crippen MR) is 52.0 cm³/mol. The van der Waals surface area contributed by atoms with Crippen molar-refractivity contribution in [2.45, 2.75) is 26.7 Å². The second-order valence-corrected chi connectivity index (χ2v) is 3.42. The predicted octanol–water partition coefficient (Wildman–Crippen LogP) is 1.76. The van der Waals surface area contributed by atoms with Gasteiger partial charge in [0.15, 0.2) is 0 Å². The first-order valence-electron chi connectivity index (χ1n) is 4.55. The molecule has 0 aliphatic heterocycles. The molecule has 0 aromatic heterocycles. The highest BCUT2D eigenvalue weighted by atomic mass is 16.4. The van der Waals surface area contributed by atoms with Gasteiger partial charge in [0.1, 0.15) is 0 Å². The van der Waals surface area contributed by atoms with Crippen molar-refractivity contribution >= 4 is 11.9 Å². The molecule has 0 rings (SSSR count). The zero-order valence-electron chi connectivity index (χ0n) is 8.43.